The Morgan fingerprint density at radius 3 is 2.30 bits per heavy atom. The summed E-state index contributed by atoms with van der Waals surface area (Å²) in [7, 11) is -3.16. The molecule has 1 saturated carbocycles. The summed E-state index contributed by atoms with van der Waals surface area (Å²) in [6.07, 6.45) is 10.5. The number of hydrogen-bond donors (Lipinski definition) is 2. The smallest absolute Gasteiger partial charge is 0.256 e. The van der Waals surface area contributed by atoms with E-state index >= 15 is 0 Å². The standard InChI is InChI=1S/C31H46FN7O3S/c1-21(2)39(22(3)4)30(40)26-16-23(32)6-11-27(26)35-28-17-33-20-34-29(28)37-14-12-31(13-15-37)18-38(19-31)25-9-7-24(8-10-25)36-43(5,41)42/h6,11,16-17,20-22,24-25,35-36H,7-10,12-15,18-19H2,1-5H3. The number of aromatic nitrogens is 2. The van der Waals surface area contributed by atoms with Gasteiger partial charge >= 0.3 is 0 Å². The number of carbonyl (C=O) groups excluding carboxylic acids is 1. The van der Waals surface area contributed by atoms with Gasteiger partial charge in [-0.25, -0.2) is 27.5 Å². The fraction of sp³-hybridized carbons (Fsp3) is 0.645. The monoisotopic (exact) mass is 615 g/mol. The highest BCUT2D eigenvalue weighted by molar-refractivity contribution is 7.88. The van der Waals surface area contributed by atoms with E-state index in [-0.39, 0.29) is 29.6 Å². The van der Waals surface area contributed by atoms with E-state index in [4.69, 9.17) is 0 Å². The van der Waals surface area contributed by atoms with Gasteiger partial charge in [-0.1, -0.05) is 0 Å². The molecule has 1 spiro atoms. The summed E-state index contributed by atoms with van der Waals surface area (Å²) in [6.45, 7) is 11.8. The Labute approximate surface area is 255 Å². The lowest BCUT2D eigenvalue weighted by Gasteiger charge is -2.57. The van der Waals surface area contributed by atoms with E-state index < -0.39 is 15.8 Å². The second-order valence-electron chi connectivity index (χ2n) is 13.3. The predicted molar refractivity (Wildman–Crippen MR) is 168 cm³/mol. The van der Waals surface area contributed by atoms with Crippen LogP contribution in [-0.2, 0) is 10.0 Å². The molecule has 2 N–H and O–H groups in total. The number of halogens is 1. The average molecular weight is 616 g/mol. The van der Waals surface area contributed by atoms with E-state index in [0.717, 1.165) is 70.5 Å². The molecule has 1 aromatic heterocycles. The number of benzene rings is 1. The number of piperidine rings is 1. The molecule has 1 aliphatic carbocycles. The summed E-state index contributed by atoms with van der Waals surface area (Å²) in [5.74, 6) is 0.102. The average Bonchev–Trinajstić information content (AvgIpc) is 2.92. The van der Waals surface area contributed by atoms with Crippen LogP contribution in [0, 0.1) is 11.2 Å². The highest BCUT2D eigenvalue weighted by Gasteiger charge is 2.47. The number of hydrogen-bond acceptors (Lipinski definition) is 8. The maximum absolute atomic E-state index is 14.4. The number of rotatable bonds is 9. The van der Waals surface area contributed by atoms with Crippen molar-refractivity contribution in [1.29, 1.82) is 0 Å². The van der Waals surface area contributed by atoms with Crippen LogP contribution in [-0.4, -0.2) is 90.7 Å². The maximum atomic E-state index is 14.4. The highest BCUT2D eigenvalue weighted by atomic mass is 32.2. The van der Waals surface area contributed by atoms with E-state index in [1.54, 1.807) is 23.5 Å². The molecule has 3 fully saturated rings. The molecular weight excluding hydrogens is 569 g/mol. The number of anilines is 3. The van der Waals surface area contributed by atoms with Gasteiger partial charge < -0.3 is 15.1 Å². The van der Waals surface area contributed by atoms with Crippen molar-refractivity contribution in [2.45, 2.75) is 90.4 Å². The first-order chi connectivity index (χ1) is 20.3. The number of carbonyl (C=O) groups is 1. The third kappa shape index (κ3) is 7.29. The number of amides is 1. The molecule has 10 nitrogen and oxygen atoms in total. The minimum absolute atomic E-state index is 0.0331. The SMILES string of the molecule is CC(C)N(C(=O)c1cc(F)ccc1Nc1cncnc1N1CCC2(CC1)CN(C1CCC(NS(C)(=O)=O)CC1)C2)C(C)C. The Kier molecular flexibility index (Phi) is 9.29. The molecule has 5 rings (SSSR count). The van der Waals surface area contributed by atoms with Gasteiger partial charge in [0.15, 0.2) is 5.82 Å². The first-order valence-electron chi connectivity index (χ1n) is 15.5. The van der Waals surface area contributed by atoms with E-state index in [9.17, 15) is 17.6 Å². The summed E-state index contributed by atoms with van der Waals surface area (Å²) in [5, 5.41) is 3.36. The van der Waals surface area contributed by atoms with Gasteiger partial charge in [0.2, 0.25) is 10.0 Å². The number of nitrogens with one attached hydrogen (secondary N) is 2. The molecule has 1 amide bonds. The Morgan fingerprint density at radius 1 is 1.05 bits per heavy atom. The van der Waals surface area contributed by atoms with Crippen molar-refractivity contribution in [1.82, 2.24) is 24.5 Å². The lowest BCUT2D eigenvalue weighted by Crippen LogP contribution is -2.63. The Balaban J connectivity index is 1.21. The maximum Gasteiger partial charge on any atom is 0.256 e. The summed E-state index contributed by atoms with van der Waals surface area (Å²) < 4.78 is 40.3. The van der Waals surface area contributed by atoms with Crippen molar-refractivity contribution >= 4 is 33.1 Å². The zero-order valence-electron chi connectivity index (χ0n) is 26.0. The third-order valence-electron chi connectivity index (χ3n) is 9.31. The van der Waals surface area contributed by atoms with Crippen LogP contribution in [0.25, 0.3) is 0 Å². The van der Waals surface area contributed by atoms with Crippen LogP contribution in [0.4, 0.5) is 21.6 Å². The van der Waals surface area contributed by atoms with Crippen LogP contribution < -0.4 is 14.9 Å². The topological polar surface area (TPSA) is 111 Å². The Morgan fingerprint density at radius 2 is 1.70 bits per heavy atom. The highest BCUT2D eigenvalue weighted by Crippen LogP contribution is 2.44. The molecular formula is C31H46FN7O3S. The molecule has 236 valence electrons. The molecule has 2 saturated heterocycles. The van der Waals surface area contributed by atoms with Gasteiger partial charge in [-0.15, -0.1) is 0 Å². The fourth-order valence-corrected chi connectivity index (χ4v) is 8.10. The van der Waals surface area contributed by atoms with E-state index in [1.165, 1.54) is 18.4 Å². The molecule has 2 aliphatic heterocycles. The molecule has 1 aromatic carbocycles. The van der Waals surface area contributed by atoms with Crippen LogP contribution in [0.3, 0.4) is 0 Å². The summed E-state index contributed by atoms with van der Waals surface area (Å²) in [5.41, 5.74) is 1.81. The number of nitrogens with zero attached hydrogens (tertiary/aromatic N) is 5. The second kappa shape index (κ2) is 12.6. The van der Waals surface area contributed by atoms with E-state index in [1.807, 2.05) is 27.7 Å². The first-order valence-corrected chi connectivity index (χ1v) is 17.4. The van der Waals surface area contributed by atoms with Crippen molar-refractivity contribution in [3.8, 4) is 0 Å². The second-order valence-corrected chi connectivity index (χ2v) is 15.0. The molecule has 2 aromatic rings. The lowest BCUT2D eigenvalue weighted by molar-refractivity contribution is -0.0566. The molecule has 0 unspecified atom stereocenters. The van der Waals surface area contributed by atoms with Gasteiger partial charge in [0.25, 0.3) is 5.91 Å². The predicted octanol–water partition coefficient (Wildman–Crippen LogP) is 4.38. The summed E-state index contributed by atoms with van der Waals surface area (Å²) >= 11 is 0. The van der Waals surface area contributed by atoms with Crippen LogP contribution in [0.15, 0.2) is 30.7 Å². The number of likely N-dealkylation sites (tertiary alicyclic amines) is 1. The van der Waals surface area contributed by atoms with Gasteiger partial charge in [-0.3, -0.25) is 9.69 Å². The molecule has 12 heteroatoms. The lowest BCUT2D eigenvalue weighted by atomic mass is 9.70. The van der Waals surface area contributed by atoms with Gasteiger partial charge in [-0.05, 0) is 89.8 Å². The Hall–Kier alpha value is -2.83. The molecule has 3 heterocycles. The van der Waals surface area contributed by atoms with Crippen LogP contribution in [0.1, 0.15) is 76.6 Å². The molecule has 0 radical (unpaired) electrons. The zero-order chi connectivity index (χ0) is 30.9. The van der Waals surface area contributed by atoms with Gasteiger partial charge in [0, 0.05) is 50.3 Å². The molecule has 0 bridgehead atoms. The third-order valence-corrected chi connectivity index (χ3v) is 10.1. The first kappa shape index (κ1) is 31.6. The van der Waals surface area contributed by atoms with Crippen LogP contribution in [0.5, 0.6) is 0 Å². The van der Waals surface area contributed by atoms with Crippen molar-refractivity contribution in [3.05, 3.63) is 42.1 Å². The Bertz CT molecular complexity index is 1390. The minimum Gasteiger partial charge on any atom is -0.355 e. The van der Waals surface area contributed by atoms with Crippen LogP contribution in [0.2, 0.25) is 0 Å². The van der Waals surface area contributed by atoms with Gasteiger partial charge in [0.05, 0.1) is 23.7 Å². The normalized spacial score (nSPS) is 22.6. The van der Waals surface area contributed by atoms with Crippen molar-refractivity contribution < 1.29 is 17.6 Å². The largest absolute Gasteiger partial charge is 0.355 e. The van der Waals surface area contributed by atoms with E-state index in [2.05, 4.69) is 29.8 Å². The van der Waals surface area contributed by atoms with Crippen molar-refractivity contribution in [3.63, 3.8) is 0 Å². The van der Waals surface area contributed by atoms with Crippen LogP contribution >= 0.6 is 0 Å². The van der Waals surface area contributed by atoms with Crippen molar-refractivity contribution in [2.75, 3.05) is 42.7 Å². The summed E-state index contributed by atoms with van der Waals surface area (Å²) in [6, 6.07) is 4.80. The van der Waals surface area contributed by atoms with Gasteiger partial charge in [-0.2, -0.15) is 0 Å². The van der Waals surface area contributed by atoms with Gasteiger partial charge in [0.1, 0.15) is 17.8 Å². The van der Waals surface area contributed by atoms with Crippen molar-refractivity contribution in [2.24, 2.45) is 5.41 Å². The fourth-order valence-electron chi connectivity index (χ4n) is 7.26. The molecule has 0 atom stereocenters. The minimum atomic E-state index is -3.16. The molecule has 43 heavy (non-hydrogen) atoms. The molecule has 3 aliphatic rings. The zero-order valence-corrected chi connectivity index (χ0v) is 26.8. The van der Waals surface area contributed by atoms with E-state index in [0.29, 0.717) is 22.8 Å². The number of sulfonamides is 1. The quantitative estimate of drug-likeness (QED) is 0.428. The summed E-state index contributed by atoms with van der Waals surface area (Å²) in [4.78, 5) is 29.0.